The molecule has 3 rings (SSSR count). The molecule has 1 aliphatic heterocycles. The Kier molecular flexibility index (Phi) is 3.77. The van der Waals surface area contributed by atoms with Crippen molar-refractivity contribution in [3.05, 3.63) is 35.7 Å². The van der Waals surface area contributed by atoms with Gasteiger partial charge in [-0.25, -0.2) is 14.6 Å². The predicted octanol–water partition coefficient (Wildman–Crippen LogP) is 2.22. The summed E-state index contributed by atoms with van der Waals surface area (Å²) in [6, 6.07) is 6.16. The molecule has 7 nitrogen and oxygen atoms in total. The molecule has 2 N–H and O–H groups in total. The molecule has 7 heteroatoms. The zero-order valence-corrected chi connectivity index (χ0v) is 12.5. The van der Waals surface area contributed by atoms with Crippen molar-refractivity contribution in [1.29, 1.82) is 0 Å². The Morgan fingerprint density at radius 3 is 2.52 bits per heavy atom. The van der Waals surface area contributed by atoms with Gasteiger partial charge in [0.05, 0.1) is 12.8 Å². The summed E-state index contributed by atoms with van der Waals surface area (Å²) in [5, 5.41) is 18.8. The molecule has 120 valence electrons. The van der Waals surface area contributed by atoms with E-state index in [0.717, 1.165) is 0 Å². The van der Waals surface area contributed by atoms with Crippen molar-refractivity contribution in [3.8, 4) is 17.1 Å². The molecular formula is C16H16N2O5. The van der Waals surface area contributed by atoms with Gasteiger partial charge in [0.2, 0.25) is 0 Å². The Balaban J connectivity index is 2.19. The van der Waals surface area contributed by atoms with E-state index in [2.05, 4.69) is 4.98 Å². The lowest BCUT2D eigenvalue weighted by Crippen LogP contribution is -2.26. The molecular weight excluding hydrogens is 300 g/mol. The highest BCUT2D eigenvalue weighted by molar-refractivity contribution is 5.88. The van der Waals surface area contributed by atoms with Crippen LogP contribution in [-0.4, -0.2) is 38.8 Å². The monoisotopic (exact) mass is 316 g/mol. The summed E-state index contributed by atoms with van der Waals surface area (Å²) in [7, 11) is 1.55. The normalized spacial score (nSPS) is 16.7. The van der Waals surface area contributed by atoms with Crippen LogP contribution in [0.5, 0.6) is 5.75 Å². The van der Waals surface area contributed by atoms with Crippen LogP contribution in [0.15, 0.2) is 24.3 Å². The van der Waals surface area contributed by atoms with Crippen molar-refractivity contribution < 1.29 is 24.5 Å². The standard InChI is InChI=1S/C16H16N2O5/c1-23-10-7-5-9(6-8-10)14-17-13(16(21)22)11-3-2-4-12(15(19)20)18(11)14/h5-8,12H,2-4H2,1H3,(H,19,20)(H,21,22). The van der Waals surface area contributed by atoms with Crippen molar-refractivity contribution in [1.82, 2.24) is 9.55 Å². The number of aromatic nitrogens is 2. The molecule has 0 spiro atoms. The van der Waals surface area contributed by atoms with Crippen LogP contribution < -0.4 is 4.74 Å². The number of carbonyl (C=O) groups is 2. The molecule has 1 unspecified atom stereocenters. The van der Waals surface area contributed by atoms with Gasteiger partial charge < -0.3 is 19.5 Å². The Morgan fingerprint density at radius 1 is 1.26 bits per heavy atom. The number of imidazole rings is 1. The molecule has 0 amide bonds. The summed E-state index contributed by atoms with van der Waals surface area (Å²) in [5.74, 6) is -1.09. The highest BCUT2D eigenvalue weighted by Crippen LogP contribution is 2.34. The first-order chi connectivity index (χ1) is 11.0. The predicted molar refractivity (Wildman–Crippen MR) is 80.8 cm³/mol. The quantitative estimate of drug-likeness (QED) is 0.896. The van der Waals surface area contributed by atoms with E-state index >= 15 is 0 Å². The first-order valence-corrected chi connectivity index (χ1v) is 7.24. The number of methoxy groups -OCH3 is 1. The molecule has 0 radical (unpaired) electrons. The van der Waals surface area contributed by atoms with Crippen molar-refractivity contribution in [3.63, 3.8) is 0 Å². The van der Waals surface area contributed by atoms with Gasteiger partial charge >= 0.3 is 11.9 Å². The molecule has 2 heterocycles. The van der Waals surface area contributed by atoms with Gasteiger partial charge in [0.25, 0.3) is 0 Å². The highest BCUT2D eigenvalue weighted by Gasteiger charge is 2.33. The number of benzene rings is 1. The third-order valence-electron chi connectivity index (χ3n) is 4.05. The van der Waals surface area contributed by atoms with Crippen molar-refractivity contribution >= 4 is 11.9 Å². The second kappa shape index (κ2) is 5.75. The maximum atomic E-state index is 11.6. The maximum Gasteiger partial charge on any atom is 0.356 e. The van der Waals surface area contributed by atoms with Crippen molar-refractivity contribution in [2.45, 2.75) is 25.3 Å². The number of hydrogen-bond acceptors (Lipinski definition) is 4. The Bertz CT molecular complexity index is 764. The molecule has 1 aliphatic rings. The van der Waals surface area contributed by atoms with Crippen LogP contribution in [0.3, 0.4) is 0 Å². The zero-order valence-electron chi connectivity index (χ0n) is 12.5. The summed E-state index contributed by atoms with van der Waals surface area (Å²) >= 11 is 0. The molecule has 1 aromatic carbocycles. The molecule has 1 atom stereocenters. The van der Waals surface area contributed by atoms with E-state index in [1.165, 1.54) is 0 Å². The van der Waals surface area contributed by atoms with Crippen LogP contribution in [0.25, 0.3) is 11.4 Å². The average Bonchev–Trinajstić information content (AvgIpc) is 2.94. The molecule has 2 aromatic rings. The van der Waals surface area contributed by atoms with E-state index in [1.54, 1.807) is 35.9 Å². The van der Waals surface area contributed by atoms with Crippen molar-refractivity contribution in [2.24, 2.45) is 0 Å². The second-order valence-corrected chi connectivity index (χ2v) is 5.38. The van der Waals surface area contributed by atoms with Gasteiger partial charge in [0.15, 0.2) is 5.69 Å². The minimum Gasteiger partial charge on any atom is -0.497 e. The summed E-state index contributed by atoms with van der Waals surface area (Å²) < 4.78 is 6.66. The number of aromatic carboxylic acids is 1. The molecule has 0 saturated carbocycles. The summed E-state index contributed by atoms with van der Waals surface area (Å²) in [6.07, 6.45) is 1.60. The van der Waals surface area contributed by atoms with E-state index in [4.69, 9.17) is 4.74 Å². The largest absolute Gasteiger partial charge is 0.497 e. The van der Waals surface area contributed by atoms with Gasteiger partial charge in [-0.2, -0.15) is 0 Å². The topological polar surface area (TPSA) is 102 Å². The van der Waals surface area contributed by atoms with Gasteiger partial charge in [-0.15, -0.1) is 0 Å². The number of aliphatic carboxylic acids is 1. The lowest BCUT2D eigenvalue weighted by Gasteiger charge is -2.24. The van der Waals surface area contributed by atoms with Gasteiger partial charge in [-0.05, 0) is 43.5 Å². The number of fused-ring (bicyclic) bond motifs is 1. The third kappa shape index (κ3) is 2.54. The SMILES string of the molecule is COc1ccc(-c2nc(C(=O)O)c3n2C(C(=O)O)CCC3)cc1. The number of carboxylic acid groups (broad SMARTS) is 2. The Morgan fingerprint density at radius 2 is 1.96 bits per heavy atom. The minimum absolute atomic E-state index is 0.0678. The molecule has 23 heavy (non-hydrogen) atoms. The van der Waals surface area contributed by atoms with E-state index in [-0.39, 0.29) is 5.69 Å². The smallest absolute Gasteiger partial charge is 0.356 e. The minimum atomic E-state index is -1.14. The van der Waals surface area contributed by atoms with Crippen LogP contribution >= 0.6 is 0 Å². The second-order valence-electron chi connectivity index (χ2n) is 5.38. The lowest BCUT2D eigenvalue weighted by molar-refractivity contribution is -0.141. The van der Waals surface area contributed by atoms with E-state index < -0.39 is 18.0 Å². The van der Waals surface area contributed by atoms with Gasteiger partial charge in [0, 0.05) is 5.56 Å². The Labute approximate surface area is 132 Å². The first kappa shape index (κ1) is 15.1. The van der Waals surface area contributed by atoms with E-state index in [0.29, 0.717) is 42.1 Å². The molecule has 0 bridgehead atoms. The number of rotatable bonds is 4. The van der Waals surface area contributed by atoms with Crippen LogP contribution in [0.2, 0.25) is 0 Å². The van der Waals surface area contributed by atoms with Gasteiger partial charge in [0.1, 0.15) is 17.6 Å². The van der Waals surface area contributed by atoms with Crippen LogP contribution in [0.4, 0.5) is 0 Å². The molecule has 0 fully saturated rings. The fraction of sp³-hybridized carbons (Fsp3) is 0.312. The lowest BCUT2D eigenvalue weighted by atomic mass is 10.0. The van der Waals surface area contributed by atoms with Crippen LogP contribution in [-0.2, 0) is 11.2 Å². The molecule has 0 aliphatic carbocycles. The van der Waals surface area contributed by atoms with Crippen LogP contribution in [0, 0.1) is 0 Å². The summed E-state index contributed by atoms with van der Waals surface area (Å²) in [6.45, 7) is 0. The van der Waals surface area contributed by atoms with Gasteiger partial charge in [-0.1, -0.05) is 0 Å². The highest BCUT2D eigenvalue weighted by atomic mass is 16.5. The fourth-order valence-electron chi connectivity index (χ4n) is 2.98. The van der Waals surface area contributed by atoms with E-state index in [9.17, 15) is 19.8 Å². The third-order valence-corrected chi connectivity index (χ3v) is 4.05. The van der Waals surface area contributed by atoms with Crippen molar-refractivity contribution in [2.75, 3.05) is 7.11 Å². The first-order valence-electron chi connectivity index (χ1n) is 7.24. The summed E-state index contributed by atoms with van der Waals surface area (Å²) in [4.78, 5) is 27.2. The van der Waals surface area contributed by atoms with Crippen LogP contribution in [0.1, 0.15) is 35.1 Å². The van der Waals surface area contributed by atoms with Gasteiger partial charge in [-0.3, -0.25) is 0 Å². The number of ether oxygens (including phenoxy) is 1. The number of carboxylic acids is 2. The zero-order chi connectivity index (χ0) is 16.6. The molecule has 1 aromatic heterocycles. The number of nitrogens with zero attached hydrogens (tertiary/aromatic N) is 2. The van der Waals surface area contributed by atoms with E-state index in [1.807, 2.05) is 0 Å². The number of hydrogen-bond donors (Lipinski definition) is 2. The fourth-order valence-corrected chi connectivity index (χ4v) is 2.98. The summed E-state index contributed by atoms with van der Waals surface area (Å²) in [5.41, 5.74) is 1.07. The average molecular weight is 316 g/mol. The molecule has 0 saturated heterocycles. The Hall–Kier alpha value is -2.83. The maximum absolute atomic E-state index is 11.6.